The Bertz CT molecular complexity index is 385. The molecule has 1 aliphatic heterocycles. The zero-order valence-electron chi connectivity index (χ0n) is 13.8. The van der Waals surface area contributed by atoms with Gasteiger partial charge in [0.2, 0.25) is 0 Å². The lowest BCUT2D eigenvalue weighted by molar-refractivity contribution is 0.162. The Morgan fingerprint density at radius 2 is 1.85 bits per heavy atom. The second kappa shape index (κ2) is 7.23. The zero-order valence-corrected chi connectivity index (χ0v) is 14.6. The number of sulfone groups is 1. The Balaban J connectivity index is 2.39. The number of rotatable bonds is 7. The largest absolute Gasteiger partial charge is 0.312 e. The summed E-state index contributed by atoms with van der Waals surface area (Å²) in [6, 6.07) is 0.389. The van der Waals surface area contributed by atoms with Crippen molar-refractivity contribution >= 4 is 9.84 Å². The first-order valence-corrected chi connectivity index (χ1v) is 9.72. The van der Waals surface area contributed by atoms with E-state index in [1.54, 1.807) is 13.8 Å². The van der Waals surface area contributed by atoms with Crippen molar-refractivity contribution in [3.63, 3.8) is 0 Å². The van der Waals surface area contributed by atoms with Crippen LogP contribution in [0.5, 0.6) is 0 Å². The molecule has 1 unspecified atom stereocenters. The van der Waals surface area contributed by atoms with Gasteiger partial charge >= 0.3 is 0 Å². The van der Waals surface area contributed by atoms with E-state index >= 15 is 0 Å². The van der Waals surface area contributed by atoms with Crippen LogP contribution in [0, 0.1) is 5.92 Å². The molecule has 0 aromatic heterocycles. The molecule has 0 aliphatic carbocycles. The molecule has 1 rings (SSSR count). The van der Waals surface area contributed by atoms with Crippen LogP contribution in [0.3, 0.4) is 0 Å². The van der Waals surface area contributed by atoms with E-state index < -0.39 is 14.6 Å². The molecule has 120 valence electrons. The predicted molar refractivity (Wildman–Crippen MR) is 85.8 cm³/mol. The molecule has 0 bridgehead atoms. The Kier molecular flexibility index (Phi) is 6.48. The van der Waals surface area contributed by atoms with E-state index in [1.807, 2.05) is 0 Å². The Hall–Kier alpha value is -0.130. The topological polar surface area (TPSA) is 49.4 Å². The fourth-order valence-electron chi connectivity index (χ4n) is 2.70. The minimum Gasteiger partial charge on any atom is -0.312 e. The maximum absolute atomic E-state index is 11.7. The minimum absolute atomic E-state index is 0.389. The van der Waals surface area contributed by atoms with Gasteiger partial charge in [-0.2, -0.15) is 0 Å². The van der Waals surface area contributed by atoms with Gasteiger partial charge < -0.3 is 10.2 Å². The molecular formula is C15H32N2O2S. The van der Waals surface area contributed by atoms with E-state index in [4.69, 9.17) is 0 Å². The molecule has 4 nitrogen and oxygen atoms in total. The summed E-state index contributed by atoms with van der Waals surface area (Å²) in [5, 5.41) is 3.45. The van der Waals surface area contributed by atoms with Gasteiger partial charge in [-0.15, -0.1) is 0 Å². The molecule has 1 fully saturated rings. The van der Waals surface area contributed by atoms with Crippen molar-refractivity contribution in [1.82, 2.24) is 10.2 Å². The molecule has 0 saturated carbocycles. The molecule has 0 aromatic rings. The fraction of sp³-hybridized carbons (Fsp3) is 1.00. The molecule has 1 saturated heterocycles. The van der Waals surface area contributed by atoms with Gasteiger partial charge in [-0.3, -0.25) is 0 Å². The Labute approximate surface area is 125 Å². The first kappa shape index (κ1) is 17.9. The van der Waals surface area contributed by atoms with Crippen LogP contribution in [-0.4, -0.2) is 56.5 Å². The van der Waals surface area contributed by atoms with E-state index in [0.29, 0.717) is 18.5 Å². The molecule has 0 amide bonds. The number of nitrogens with one attached hydrogen (secondary N) is 1. The smallest absolute Gasteiger partial charge is 0.153 e. The van der Waals surface area contributed by atoms with E-state index in [-0.39, 0.29) is 0 Å². The maximum atomic E-state index is 11.7. The molecule has 1 aliphatic rings. The van der Waals surface area contributed by atoms with Crippen molar-refractivity contribution in [3.05, 3.63) is 0 Å². The normalized spacial score (nSPS) is 21.1. The summed E-state index contributed by atoms with van der Waals surface area (Å²) in [6.45, 7) is 12.1. The van der Waals surface area contributed by atoms with Crippen LogP contribution in [0.15, 0.2) is 0 Å². The summed E-state index contributed by atoms with van der Waals surface area (Å²) in [4.78, 5) is 2.53. The van der Waals surface area contributed by atoms with Gasteiger partial charge in [0.25, 0.3) is 0 Å². The number of piperidine rings is 1. The van der Waals surface area contributed by atoms with Crippen molar-refractivity contribution in [2.24, 2.45) is 5.92 Å². The van der Waals surface area contributed by atoms with Crippen LogP contribution >= 0.6 is 0 Å². The van der Waals surface area contributed by atoms with Gasteiger partial charge in [0.1, 0.15) is 0 Å². The van der Waals surface area contributed by atoms with Gasteiger partial charge in [-0.25, -0.2) is 8.42 Å². The first-order chi connectivity index (χ1) is 9.17. The molecule has 1 N–H and O–H groups in total. The molecule has 5 heteroatoms. The highest BCUT2D eigenvalue weighted by atomic mass is 32.2. The third-order valence-corrected chi connectivity index (χ3v) is 6.88. The van der Waals surface area contributed by atoms with Gasteiger partial charge in [-0.05, 0) is 65.6 Å². The van der Waals surface area contributed by atoms with E-state index in [2.05, 4.69) is 24.1 Å². The monoisotopic (exact) mass is 304 g/mol. The number of hydrogen-bond donors (Lipinski definition) is 1. The highest BCUT2D eigenvalue weighted by Gasteiger charge is 2.31. The predicted octanol–water partition coefficient (Wildman–Crippen LogP) is 1.91. The number of likely N-dealkylation sites (tertiary alicyclic amines) is 1. The summed E-state index contributed by atoms with van der Waals surface area (Å²) in [5.74, 6) is 0.665. The minimum atomic E-state index is -3.02. The van der Waals surface area contributed by atoms with Crippen LogP contribution in [0.4, 0.5) is 0 Å². The molecule has 1 heterocycles. The van der Waals surface area contributed by atoms with Gasteiger partial charge in [0, 0.05) is 18.8 Å². The molecule has 0 aromatic carbocycles. The van der Waals surface area contributed by atoms with Crippen molar-refractivity contribution in [3.8, 4) is 0 Å². The highest BCUT2D eigenvalue weighted by Crippen LogP contribution is 2.22. The number of nitrogens with zero attached hydrogens (tertiary/aromatic N) is 1. The van der Waals surface area contributed by atoms with Crippen LogP contribution in [-0.2, 0) is 9.84 Å². The Morgan fingerprint density at radius 3 is 2.30 bits per heavy atom. The highest BCUT2D eigenvalue weighted by molar-refractivity contribution is 7.92. The average Bonchev–Trinajstić information content (AvgIpc) is 2.36. The second-order valence-corrected chi connectivity index (χ2v) is 9.53. The van der Waals surface area contributed by atoms with Crippen LogP contribution in [0.1, 0.15) is 47.0 Å². The van der Waals surface area contributed by atoms with E-state index in [1.165, 1.54) is 45.2 Å². The second-order valence-electron chi connectivity index (χ2n) is 6.88. The average molecular weight is 305 g/mol. The van der Waals surface area contributed by atoms with Crippen molar-refractivity contribution < 1.29 is 8.42 Å². The summed E-state index contributed by atoms with van der Waals surface area (Å²) >= 11 is 0. The maximum Gasteiger partial charge on any atom is 0.153 e. The summed E-state index contributed by atoms with van der Waals surface area (Å²) in [6.07, 6.45) is 4.98. The molecule has 0 spiro atoms. The van der Waals surface area contributed by atoms with Crippen molar-refractivity contribution in [1.29, 1.82) is 0 Å². The van der Waals surface area contributed by atoms with Crippen LogP contribution in [0.2, 0.25) is 0 Å². The molecule has 1 atom stereocenters. The SMILES string of the molecule is CCCN1CCC(C(C)NCC(C)(C)S(C)(=O)=O)CC1. The lowest BCUT2D eigenvalue weighted by Gasteiger charge is -2.36. The van der Waals surface area contributed by atoms with Crippen molar-refractivity contribution in [2.45, 2.75) is 57.7 Å². The van der Waals surface area contributed by atoms with Gasteiger partial charge in [-0.1, -0.05) is 6.92 Å². The molecule has 20 heavy (non-hydrogen) atoms. The standard InChI is InChI=1S/C15H32N2O2S/c1-6-9-17-10-7-14(8-11-17)13(2)16-12-15(3,4)20(5,18)19/h13-14,16H,6-12H2,1-5H3. The van der Waals surface area contributed by atoms with Crippen molar-refractivity contribution in [2.75, 3.05) is 32.4 Å². The summed E-state index contributed by atoms with van der Waals surface area (Å²) in [7, 11) is -3.02. The zero-order chi connectivity index (χ0) is 15.4. The quantitative estimate of drug-likeness (QED) is 0.780. The van der Waals surface area contributed by atoms with Gasteiger partial charge in [0.05, 0.1) is 4.75 Å². The lowest BCUT2D eigenvalue weighted by Crippen LogP contribution is -2.48. The Morgan fingerprint density at radius 1 is 1.30 bits per heavy atom. The van der Waals surface area contributed by atoms with Gasteiger partial charge in [0.15, 0.2) is 9.84 Å². The third-order valence-electron chi connectivity index (χ3n) is 4.73. The van der Waals surface area contributed by atoms with Crippen LogP contribution in [0.25, 0.3) is 0 Å². The van der Waals surface area contributed by atoms with E-state index in [9.17, 15) is 8.42 Å². The third kappa shape index (κ3) is 5.01. The molecular weight excluding hydrogens is 272 g/mol. The lowest BCUT2D eigenvalue weighted by atomic mass is 9.90. The molecule has 0 radical (unpaired) electrons. The van der Waals surface area contributed by atoms with E-state index in [0.717, 1.165) is 0 Å². The van der Waals surface area contributed by atoms with Crippen LogP contribution < -0.4 is 5.32 Å². The summed E-state index contributed by atoms with van der Waals surface area (Å²) < 4.78 is 22.7. The number of hydrogen-bond acceptors (Lipinski definition) is 4. The first-order valence-electron chi connectivity index (χ1n) is 7.82. The summed E-state index contributed by atoms with van der Waals surface area (Å²) in [5.41, 5.74) is 0. The fourth-order valence-corrected chi connectivity index (χ4v) is 3.04.